The van der Waals surface area contributed by atoms with Gasteiger partial charge in [-0.05, 0) is 29.8 Å². The second-order valence-electron chi connectivity index (χ2n) is 8.46. The molecule has 0 saturated carbocycles. The summed E-state index contributed by atoms with van der Waals surface area (Å²) in [7, 11) is -4.30. The Balaban J connectivity index is 1.28. The Kier molecular flexibility index (Phi) is 6.65. The second kappa shape index (κ2) is 9.15. The van der Waals surface area contributed by atoms with Crippen molar-refractivity contribution in [3.8, 4) is 11.5 Å². The number of aliphatic hydroxyl groups is 1. The van der Waals surface area contributed by atoms with E-state index in [1.54, 1.807) is 0 Å². The lowest BCUT2D eigenvalue weighted by molar-refractivity contribution is -0.00202. The highest BCUT2D eigenvalue weighted by atomic mass is 35.5. The van der Waals surface area contributed by atoms with Crippen LogP contribution in [0.15, 0.2) is 36.4 Å². The van der Waals surface area contributed by atoms with Crippen molar-refractivity contribution in [2.45, 2.75) is 36.7 Å². The van der Waals surface area contributed by atoms with Gasteiger partial charge in [0.25, 0.3) is 10.1 Å². The molecule has 4 rings (SSSR count). The van der Waals surface area contributed by atoms with Gasteiger partial charge in [-0.3, -0.25) is 4.55 Å². The molecule has 2 heterocycles. The minimum absolute atomic E-state index is 0.0185. The molecule has 2 aliphatic heterocycles. The maximum atomic E-state index is 13.6. The van der Waals surface area contributed by atoms with Crippen LogP contribution in [0.2, 0.25) is 5.02 Å². The number of fused-ring (bicyclic) bond motifs is 1. The van der Waals surface area contributed by atoms with Crippen molar-refractivity contribution in [2.75, 3.05) is 26.2 Å². The topological polar surface area (TPSA) is 96.3 Å². The number of ether oxygens (including phenoxy) is 2. The molecule has 1 atom stereocenters. The van der Waals surface area contributed by atoms with Crippen molar-refractivity contribution >= 4 is 21.7 Å². The van der Waals surface area contributed by atoms with E-state index in [1.807, 2.05) is 18.2 Å². The zero-order valence-corrected chi connectivity index (χ0v) is 18.9. The molecule has 2 N–H and O–H groups in total. The first-order valence-corrected chi connectivity index (χ1v) is 12.3. The maximum Gasteiger partial charge on any atom is 0.269 e. The minimum Gasteiger partial charge on any atom is -0.490 e. The number of likely N-dealkylation sites (tertiary alicyclic amines) is 1. The van der Waals surface area contributed by atoms with E-state index in [9.17, 15) is 17.9 Å². The van der Waals surface area contributed by atoms with Crippen molar-refractivity contribution in [1.82, 2.24) is 4.90 Å². The Bertz CT molecular complexity index is 1090. The summed E-state index contributed by atoms with van der Waals surface area (Å²) in [6.07, 6.45) is 1.59. The maximum absolute atomic E-state index is 13.6. The van der Waals surface area contributed by atoms with Gasteiger partial charge in [0.2, 0.25) is 0 Å². The van der Waals surface area contributed by atoms with Crippen LogP contribution < -0.4 is 9.47 Å². The van der Waals surface area contributed by atoms with Crippen LogP contribution in [-0.2, 0) is 22.3 Å². The predicted molar refractivity (Wildman–Crippen MR) is 117 cm³/mol. The van der Waals surface area contributed by atoms with Gasteiger partial charge in [-0.15, -0.1) is 0 Å². The lowest BCUT2D eigenvalue weighted by atomic mass is 9.87. The second-order valence-corrected chi connectivity index (χ2v) is 10.3. The number of piperidine rings is 1. The number of nitrogens with zero attached hydrogens (tertiary/aromatic N) is 1. The molecule has 1 spiro atoms. The number of hydrogen-bond acceptors (Lipinski definition) is 6. The molecule has 1 saturated heterocycles. The molecule has 0 radical (unpaired) electrons. The average Bonchev–Trinajstić information content (AvgIpc) is 3.06. The third kappa shape index (κ3) is 5.71. The lowest BCUT2D eigenvalue weighted by Crippen LogP contribution is -2.49. The molecule has 0 bridgehead atoms. The quantitative estimate of drug-likeness (QED) is 0.582. The molecule has 0 aliphatic carbocycles. The smallest absolute Gasteiger partial charge is 0.269 e. The van der Waals surface area contributed by atoms with E-state index in [2.05, 4.69) is 4.90 Å². The van der Waals surface area contributed by atoms with Gasteiger partial charge >= 0.3 is 0 Å². The van der Waals surface area contributed by atoms with Crippen LogP contribution in [-0.4, -0.2) is 60.9 Å². The molecular formula is C22H25ClFNO6S. The zero-order valence-electron chi connectivity index (χ0n) is 17.3. The number of β-amino-alcohol motifs (C(OH)–C–C–N with tert-alkyl or cyclic N) is 1. The van der Waals surface area contributed by atoms with Crippen LogP contribution in [0.25, 0.3) is 0 Å². The number of benzene rings is 2. The summed E-state index contributed by atoms with van der Waals surface area (Å²) in [5.41, 5.74) is 1.01. The zero-order chi connectivity index (χ0) is 22.9. The molecule has 0 amide bonds. The molecule has 32 heavy (non-hydrogen) atoms. The monoisotopic (exact) mass is 485 g/mol. The fraction of sp³-hybridized carbons (Fsp3) is 0.455. The fourth-order valence-corrected chi connectivity index (χ4v) is 5.17. The van der Waals surface area contributed by atoms with E-state index in [-0.39, 0.29) is 23.5 Å². The van der Waals surface area contributed by atoms with E-state index in [0.29, 0.717) is 11.6 Å². The van der Waals surface area contributed by atoms with Crippen LogP contribution in [0.1, 0.15) is 24.0 Å². The molecule has 2 aromatic rings. The average molecular weight is 486 g/mol. The third-order valence-electron chi connectivity index (χ3n) is 5.90. The van der Waals surface area contributed by atoms with E-state index in [0.717, 1.165) is 55.8 Å². The third-order valence-corrected chi connectivity index (χ3v) is 6.81. The Morgan fingerprint density at radius 3 is 2.69 bits per heavy atom. The van der Waals surface area contributed by atoms with Crippen molar-refractivity contribution in [1.29, 1.82) is 0 Å². The Hall–Kier alpha value is -1.91. The summed E-state index contributed by atoms with van der Waals surface area (Å²) >= 11 is 6.09. The van der Waals surface area contributed by atoms with Gasteiger partial charge in [0.1, 0.15) is 41.4 Å². The van der Waals surface area contributed by atoms with Crippen molar-refractivity contribution in [3.05, 3.63) is 58.4 Å². The molecule has 7 nitrogen and oxygen atoms in total. The van der Waals surface area contributed by atoms with Gasteiger partial charge in [-0.2, -0.15) is 8.42 Å². The molecule has 0 unspecified atom stereocenters. The van der Waals surface area contributed by atoms with Gasteiger partial charge < -0.3 is 19.5 Å². The Labute approximate surface area is 191 Å². The van der Waals surface area contributed by atoms with E-state index < -0.39 is 27.8 Å². The standard InChI is InChI=1S/C22H25ClFNO6S/c23-17-2-4-20-16(9-17)11-22(31-20)5-7-25(8-6-22)12-19(26)13-30-21-10-18(24)3-1-15(21)14-32(27,28)29/h1-4,9-10,19,26H,5-8,11-14H2,(H,27,28,29)/t19-/m0/s1. The van der Waals surface area contributed by atoms with Crippen LogP contribution in [0.4, 0.5) is 4.39 Å². The van der Waals surface area contributed by atoms with Crippen LogP contribution in [0.5, 0.6) is 11.5 Å². The van der Waals surface area contributed by atoms with Crippen LogP contribution in [0, 0.1) is 5.82 Å². The first-order chi connectivity index (χ1) is 15.1. The highest BCUT2D eigenvalue weighted by Gasteiger charge is 2.42. The number of aliphatic hydroxyl groups excluding tert-OH is 1. The molecule has 10 heteroatoms. The number of rotatable bonds is 7. The molecule has 1 fully saturated rings. The lowest BCUT2D eigenvalue weighted by Gasteiger charge is -2.39. The van der Waals surface area contributed by atoms with E-state index in [4.69, 9.17) is 25.6 Å². The van der Waals surface area contributed by atoms with Crippen molar-refractivity contribution in [3.63, 3.8) is 0 Å². The van der Waals surface area contributed by atoms with Crippen LogP contribution >= 0.6 is 11.6 Å². The minimum atomic E-state index is -4.30. The molecule has 0 aromatic heterocycles. The summed E-state index contributed by atoms with van der Waals surface area (Å²) in [5, 5.41) is 11.1. The van der Waals surface area contributed by atoms with Crippen molar-refractivity contribution in [2.24, 2.45) is 0 Å². The molecule has 2 aliphatic rings. The highest BCUT2D eigenvalue weighted by molar-refractivity contribution is 7.85. The SMILES string of the molecule is O=S(=O)(O)Cc1ccc(F)cc1OC[C@@H](O)CN1CCC2(CC1)Cc1cc(Cl)ccc1O2. The fourth-order valence-electron chi connectivity index (χ4n) is 4.34. The predicted octanol–water partition coefficient (Wildman–Crippen LogP) is 3.08. The Morgan fingerprint density at radius 1 is 1.22 bits per heavy atom. The Morgan fingerprint density at radius 2 is 1.97 bits per heavy atom. The summed E-state index contributed by atoms with van der Waals surface area (Å²) in [6, 6.07) is 9.04. The van der Waals surface area contributed by atoms with Crippen LogP contribution in [0.3, 0.4) is 0 Å². The number of hydrogen-bond donors (Lipinski definition) is 2. The van der Waals surface area contributed by atoms with Gasteiger partial charge in [-0.1, -0.05) is 17.7 Å². The van der Waals surface area contributed by atoms with Gasteiger partial charge in [0.05, 0.1) is 0 Å². The summed E-state index contributed by atoms with van der Waals surface area (Å²) in [4.78, 5) is 2.11. The van der Waals surface area contributed by atoms with Gasteiger partial charge in [0, 0.05) is 55.5 Å². The molecular weight excluding hydrogens is 461 g/mol. The normalized spacial score (nSPS) is 18.9. The van der Waals surface area contributed by atoms with E-state index in [1.165, 1.54) is 6.07 Å². The summed E-state index contributed by atoms with van der Waals surface area (Å²) < 4.78 is 56.7. The molecule has 174 valence electrons. The largest absolute Gasteiger partial charge is 0.490 e. The first kappa shape index (κ1) is 23.3. The molecule has 2 aromatic carbocycles. The van der Waals surface area contributed by atoms with Gasteiger partial charge in [0.15, 0.2) is 0 Å². The summed E-state index contributed by atoms with van der Waals surface area (Å²) in [6.45, 7) is 1.71. The van der Waals surface area contributed by atoms with Crippen molar-refractivity contribution < 1.29 is 31.9 Å². The van der Waals surface area contributed by atoms with E-state index >= 15 is 0 Å². The first-order valence-electron chi connectivity index (χ1n) is 10.4. The number of halogens is 2. The summed E-state index contributed by atoms with van der Waals surface area (Å²) in [5.74, 6) is -0.434. The highest BCUT2D eigenvalue weighted by Crippen LogP contribution is 2.41. The van der Waals surface area contributed by atoms with Gasteiger partial charge in [-0.25, -0.2) is 4.39 Å².